The predicted octanol–water partition coefficient (Wildman–Crippen LogP) is 4.28. The molecule has 1 aliphatic heterocycles. The Morgan fingerprint density at radius 2 is 2.20 bits per heavy atom. The molecule has 78 valence electrons. The fraction of sp³-hybridized carbons (Fsp3) is 0.429. The summed E-state index contributed by atoms with van der Waals surface area (Å²) in [5.41, 5.74) is 4.56. The molecule has 1 heteroatoms. The van der Waals surface area contributed by atoms with Crippen LogP contribution in [0.5, 0.6) is 0 Å². The third kappa shape index (κ3) is 1.37. The highest BCUT2D eigenvalue weighted by molar-refractivity contribution is 8.01. The number of rotatable bonds is 0. The molecule has 0 aromatic heterocycles. The van der Waals surface area contributed by atoms with Crippen LogP contribution in [0, 0.1) is 12.8 Å². The number of aryl methyl sites for hydroxylation is 1. The van der Waals surface area contributed by atoms with Crippen LogP contribution < -0.4 is 0 Å². The fourth-order valence-electron chi connectivity index (χ4n) is 2.68. The molecule has 1 aliphatic carbocycles. The lowest BCUT2D eigenvalue weighted by molar-refractivity contribution is 0.549. The lowest BCUT2D eigenvalue weighted by Gasteiger charge is -2.24. The Balaban J connectivity index is 2.14. The first kappa shape index (κ1) is 9.53. The van der Waals surface area contributed by atoms with Crippen molar-refractivity contribution in [3.8, 4) is 0 Å². The molecule has 3 rings (SSSR count). The van der Waals surface area contributed by atoms with Gasteiger partial charge in [-0.3, -0.25) is 0 Å². The van der Waals surface area contributed by atoms with Crippen molar-refractivity contribution >= 4 is 17.3 Å². The van der Waals surface area contributed by atoms with E-state index in [1.165, 1.54) is 28.9 Å². The zero-order chi connectivity index (χ0) is 10.4. The van der Waals surface area contributed by atoms with E-state index in [2.05, 4.69) is 49.9 Å². The summed E-state index contributed by atoms with van der Waals surface area (Å²) in [5.74, 6) is 0.835. The van der Waals surface area contributed by atoms with Gasteiger partial charge < -0.3 is 0 Å². The van der Waals surface area contributed by atoms with E-state index in [9.17, 15) is 0 Å². The van der Waals surface area contributed by atoms with E-state index in [4.69, 9.17) is 0 Å². The quantitative estimate of drug-likeness (QED) is 0.623. The van der Waals surface area contributed by atoms with Crippen LogP contribution in [-0.4, -0.2) is 5.25 Å². The van der Waals surface area contributed by atoms with Gasteiger partial charge in [-0.1, -0.05) is 31.2 Å². The Labute approximate surface area is 95.8 Å². The highest BCUT2D eigenvalue weighted by Crippen LogP contribution is 2.51. The lowest BCUT2D eigenvalue weighted by Crippen LogP contribution is -2.15. The maximum Gasteiger partial charge on any atom is 0.0373 e. The van der Waals surface area contributed by atoms with Gasteiger partial charge in [0.05, 0.1) is 0 Å². The topological polar surface area (TPSA) is 0 Å². The van der Waals surface area contributed by atoms with E-state index in [0.29, 0.717) is 0 Å². The number of hydrogen-bond donors (Lipinski definition) is 0. The van der Waals surface area contributed by atoms with Crippen molar-refractivity contribution in [2.45, 2.75) is 36.8 Å². The molecule has 15 heavy (non-hydrogen) atoms. The Hall–Kier alpha value is -0.690. The second kappa shape index (κ2) is 3.41. The number of fused-ring (bicyclic) bond motifs is 3. The summed E-state index contributed by atoms with van der Waals surface area (Å²) in [6.45, 7) is 4.63. The third-order valence-electron chi connectivity index (χ3n) is 3.58. The molecule has 0 fully saturated rings. The Morgan fingerprint density at radius 3 is 3.07 bits per heavy atom. The van der Waals surface area contributed by atoms with Gasteiger partial charge in [-0.25, -0.2) is 0 Å². The minimum Gasteiger partial charge on any atom is -0.117 e. The smallest absolute Gasteiger partial charge is 0.0373 e. The van der Waals surface area contributed by atoms with Gasteiger partial charge in [-0.15, -0.1) is 11.8 Å². The molecular weight excluding hydrogens is 200 g/mol. The molecule has 2 atom stereocenters. The average molecular weight is 216 g/mol. The zero-order valence-electron chi connectivity index (χ0n) is 9.29. The molecule has 0 amide bonds. The van der Waals surface area contributed by atoms with E-state index in [1.807, 2.05) is 0 Å². The third-order valence-corrected chi connectivity index (χ3v) is 5.33. The standard InChI is InChI=1S/C14H16S/c1-9-5-3-7-11-12-8-4-6-10(2)14(12)15-13(9)11/h3,5,7-8,10,14H,4,6H2,1-2H3. The Bertz CT molecular complexity index is 431. The van der Waals surface area contributed by atoms with Crippen molar-refractivity contribution in [2.24, 2.45) is 5.92 Å². The van der Waals surface area contributed by atoms with Crippen LogP contribution in [0.15, 0.2) is 29.2 Å². The van der Waals surface area contributed by atoms with E-state index >= 15 is 0 Å². The molecule has 2 aliphatic rings. The van der Waals surface area contributed by atoms with E-state index in [0.717, 1.165) is 11.2 Å². The van der Waals surface area contributed by atoms with Crippen molar-refractivity contribution in [3.63, 3.8) is 0 Å². The van der Waals surface area contributed by atoms with Crippen LogP contribution in [0.3, 0.4) is 0 Å². The second-order valence-corrected chi connectivity index (χ2v) is 5.86. The highest BCUT2D eigenvalue weighted by atomic mass is 32.2. The average Bonchev–Trinajstić information content (AvgIpc) is 2.60. The second-order valence-electron chi connectivity index (χ2n) is 4.70. The number of hydrogen-bond acceptors (Lipinski definition) is 1. The van der Waals surface area contributed by atoms with Crippen LogP contribution in [0.4, 0.5) is 0 Å². The first-order chi connectivity index (χ1) is 7.27. The van der Waals surface area contributed by atoms with Gasteiger partial charge in [0, 0.05) is 10.1 Å². The van der Waals surface area contributed by atoms with Crippen molar-refractivity contribution in [1.82, 2.24) is 0 Å². The minimum absolute atomic E-state index is 0.731. The molecular formula is C14H16S. The maximum atomic E-state index is 2.46. The predicted molar refractivity (Wildman–Crippen MR) is 67.2 cm³/mol. The molecule has 1 aromatic carbocycles. The molecule has 1 heterocycles. The molecule has 2 unspecified atom stereocenters. The number of thioether (sulfide) groups is 1. The van der Waals surface area contributed by atoms with Crippen LogP contribution >= 0.6 is 11.8 Å². The molecule has 0 bridgehead atoms. The summed E-state index contributed by atoms with van der Waals surface area (Å²) in [5, 5.41) is 0.731. The number of benzene rings is 1. The van der Waals surface area contributed by atoms with Crippen molar-refractivity contribution in [2.75, 3.05) is 0 Å². The van der Waals surface area contributed by atoms with E-state index in [1.54, 1.807) is 5.57 Å². The largest absolute Gasteiger partial charge is 0.117 e. The molecule has 1 aromatic rings. The summed E-state index contributed by atoms with van der Waals surface area (Å²) in [7, 11) is 0. The van der Waals surface area contributed by atoms with Gasteiger partial charge in [-0.05, 0) is 42.4 Å². The first-order valence-electron chi connectivity index (χ1n) is 5.74. The van der Waals surface area contributed by atoms with Gasteiger partial charge in [0.25, 0.3) is 0 Å². The van der Waals surface area contributed by atoms with Gasteiger partial charge in [0.2, 0.25) is 0 Å². The molecule has 0 saturated heterocycles. The van der Waals surface area contributed by atoms with Crippen LogP contribution in [0.2, 0.25) is 0 Å². The number of allylic oxidation sites excluding steroid dienone is 1. The Morgan fingerprint density at radius 1 is 1.33 bits per heavy atom. The highest BCUT2D eigenvalue weighted by Gasteiger charge is 2.33. The van der Waals surface area contributed by atoms with Crippen molar-refractivity contribution in [1.29, 1.82) is 0 Å². The van der Waals surface area contributed by atoms with Crippen LogP contribution in [0.1, 0.15) is 30.9 Å². The van der Waals surface area contributed by atoms with Crippen LogP contribution in [-0.2, 0) is 0 Å². The monoisotopic (exact) mass is 216 g/mol. The molecule has 0 radical (unpaired) electrons. The minimum atomic E-state index is 0.731. The van der Waals surface area contributed by atoms with Crippen LogP contribution in [0.25, 0.3) is 5.57 Å². The SMILES string of the molecule is Cc1cccc2c1SC1C2=CCCC1C. The molecule has 0 saturated carbocycles. The normalized spacial score (nSPS) is 28.3. The summed E-state index contributed by atoms with van der Waals surface area (Å²) in [6, 6.07) is 6.71. The summed E-state index contributed by atoms with van der Waals surface area (Å²) >= 11 is 2.09. The van der Waals surface area contributed by atoms with E-state index < -0.39 is 0 Å². The van der Waals surface area contributed by atoms with Crippen molar-refractivity contribution in [3.05, 3.63) is 35.4 Å². The first-order valence-corrected chi connectivity index (χ1v) is 6.62. The summed E-state index contributed by atoms with van der Waals surface area (Å²) in [6.07, 6.45) is 5.08. The van der Waals surface area contributed by atoms with Gasteiger partial charge in [0.1, 0.15) is 0 Å². The van der Waals surface area contributed by atoms with Gasteiger partial charge in [-0.2, -0.15) is 0 Å². The molecule has 0 N–H and O–H groups in total. The zero-order valence-corrected chi connectivity index (χ0v) is 10.1. The van der Waals surface area contributed by atoms with Gasteiger partial charge >= 0.3 is 0 Å². The molecule has 0 spiro atoms. The Kier molecular flexibility index (Phi) is 2.17. The van der Waals surface area contributed by atoms with Crippen molar-refractivity contribution < 1.29 is 0 Å². The summed E-state index contributed by atoms with van der Waals surface area (Å²) in [4.78, 5) is 1.53. The fourth-order valence-corrected chi connectivity index (χ4v) is 4.22. The van der Waals surface area contributed by atoms with Gasteiger partial charge in [0.15, 0.2) is 0 Å². The molecule has 0 nitrogen and oxygen atoms in total. The lowest BCUT2D eigenvalue weighted by atomic mass is 9.86. The maximum absolute atomic E-state index is 2.46. The van der Waals surface area contributed by atoms with E-state index in [-0.39, 0.29) is 0 Å². The summed E-state index contributed by atoms with van der Waals surface area (Å²) < 4.78 is 0.